The number of pyridine rings is 1. The van der Waals surface area contributed by atoms with Crippen molar-refractivity contribution in [2.45, 2.75) is 19.9 Å². The number of aromatic nitrogens is 1. The highest BCUT2D eigenvalue weighted by molar-refractivity contribution is 5.36. The predicted molar refractivity (Wildman–Crippen MR) is 79.4 cm³/mol. The Kier molecular flexibility index (Phi) is 4.96. The molecule has 106 valence electrons. The van der Waals surface area contributed by atoms with Crippen molar-refractivity contribution in [2.75, 3.05) is 13.7 Å². The molecule has 20 heavy (non-hydrogen) atoms. The van der Waals surface area contributed by atoms with E-state index < -0.39 is 0 Å². The maximum absolute atomic E-state index is 5.77. The molecule has 0 bridgehead atoms. The largest absolute Gasteiger partial charge is 0.497 e. The fourth-order valence-electron chi connectivity index (χ4n) is 1.96. The molecule has 1 heterocycles. The van der Waals surface area contributed by atoms with Crippen LogP contribution in [0.3, 0.4) is 0 Å². The predicted octanol–water partition coefficient (Wildman–Crippen LogP) is 3.55. The third-order valence-electron chi connectivity index (χ3n) is 3.03. The van der Waals surface area contributed by atoms with Gasteiger partial charge in [0.1, 0.15) is 11.5 Å². The Morgan fingerprint density at radius 2 is 2.00 bits per heavy atom. The molecule has 4 heteroatoms. The van der Waals surface area contributed by atoms with E-state index >= 15 is 0 Å². The van der Waals surface area contributed by atoms with Gasteiger partial charge in [-0.05, 0) is 37.2 Å². The maximum atomic E-state index is 5.77. The van der Waals surface area contributed by atoms with Gasteiger partial charge in [-0.2, -0.15) is 0 Å². The van der Waals surface area contributed by atoms with E-state index in [1.54, 1.807) is 13.3 Å². The van der Waals surface area contributed by atoms with Gasteiger partial charge in [-0.1, -0.05) is 13.0 Å². The molecular formula is C16H20N2O2. The standard InChI is InChI=1S/C16H20N2O2/c1-4-17-12(2)13-8-9-18-16(10-13)20-15-7-5-6-14(11-15)19-3/h5-12,17H,4H2,1-3H3. The summed E-state index contributed by atoms with van der Waals surface area (Å²) >= 11 is 0. The number of methoxy groups -OCH3 is 1. The molecule has 1 unspecified atom stereocenters. The van der Waals surface area contributed by atoms with Gasteiger partial charge in [-0.15, -0.1) is 0 Å². The summed E-state index contributed by atoms with van der Waals surface area (Å²) in [6, 6.07) is 11.7. The summed E-state index contributed by atoms with van der Waals surface area (Å²) in [6.45, 7) is 5.13. The van der Waals surface area contributed by atoms with Crippen LogP contribution in [0, 0.1) is 0 Å². The molecule has 0 amide bonds. The van der Waals surface area contributed by atoms with Gasteiger partial charge in [0, 0.05) is 24.4 Å². The van der Waals surface area contributed by atoms with Crippen molar-refractivity contribution < 1.29 is 9.47 Å². The van der Waals surface area contributed by atoms with E-state index in [-0.39, 0.29) is 6.04 Å². The molecule has 0 aliphatic heterocycles. The van der Waals surface area contributed by atoms with E-state index in [1.165, 1.54) is 0 Å². The Morgan fingerprint density at radius 3 is 2.75 bits per heavy atom. The van der Waals surface area contributed by atoms with E-state index in [4.69, 9.17) is 9.47 Å². The summed E-state index contributed by atoms with van der Waals surface area (Å²) in [5.74, 6) is 2.06. The zero-order valence-electron chi connectivity index (χ0n) is 12.1. The summed E-state index contributed by atoms with van der Waals surface area (Å²) < 4.78 is 10.9. The SMILES string of the molecule is CCNC(C)c1ccnc(Oc2cccc(OC)c2)c1. The first kappa shape index (κ1) is 14.3. The molecule has 0 aliphatic carbocycles. The summed E-state index contributed by atoms with van der Waals surface area (Å²) in [5.41, 5.74) is 1.15. The van der Waals surface area contributed by atoms with Crippen LogP contribution < -0.4 is 14.8 Å². The van der Waals surface area contributed by atoms with Gasteiger partial charge in [0.05, 0.1) is 7.11 Å². The summed E-state index contributed by atoms with van der Waals surface area (Å²) in [4.78, 5) is 4.24. The fraction of sp³-hybridized carbons (Fsp3) is 0.312. The Balaban J connectivity index is 2.14. The quantitative estimate of drug-likeness (QED) is 0.873. The number of hydrogen-bond donors (Lipinski definition) is 1. The van der Waals surface area contributed by atoms with Crippen LogP contribution in [0.15, 0.2) is 42.6 Å². The molecule has 0 fully saturated rings. The van der Waals surface area contributed by atoms with Crippen molar-refractivity contribution in [3.8, 4) is 17.4 Å². The number of nitrogens with zero attached hydrogens (tertiary/aromatic N) is 1. The molecular weight excluding hydrogens is 252 g/mol. The molecule has 1 aromatic carbocycles. The zero-order valence-corrected chi connectivity index (χ0v) is 12.1. The van der Waals surface area contributed by atoms with Gasteiger partial charge >= 0.3 is 0 Å². The summed E-state index contributed by atoms with van der Waals surface area (Å²) in [6.07, 6.45) is 1.76. The molecule has 4 nitrogen and oxygen atoms in total. The first-order valence-corrected chi connectivity index (χ1v) is 6.74. The number of ether oxygens (including phenoxy) is 2. The Hall–Kier alpha value is -2.07. The molecule has 0 radical (unpaired) electrons. The van der Waals surface area contributed by atoms with E-state index in [1.807, 2.05) is 36.4 Å². The van der Waals surface area contributed by atoms with Crippen LogP contribution in [-0.4, -0.2) is 18.6 Å². The molecule has 1 aromatic heterocycles. The van der Waals surface area contributed by atoms with E-state index in [9.17, 15) is 0 Å². The molecule has 0 spiro atoms. The van der Waals surface area contributed by atoms with Crippen molar-refractivity contribution in [3.05, 3.63) is 48.2 Å². The normalized spacial score (nSPS) is 11.9. The van der Waals surface area contributed by atoms with Crippen LogP contribution in [0.2, 0.25) is 0 Å². The van der Waals surface area contributed by atoms with Gasteiger partial charge in [0.15, 0.2) is 0 Å². The third-order valence-corrected chi connectivity index (χ3v) is 3.03. The molecule has 0 saturated carbocycles. The van der Waals surface area contributed by atoms with E-state index in [0.29, 0.717) is 11.6 Å². The lowest BCUT2D eigenvalue weighted by Gasteiger charge is -2.13. The number of rotatable bonds is 6. The van der Waals surface area contributed by atoms with Gasteiger partial charge in [0.2, 0.25) is 5.88 Å². The average molecular weight is 272 g/mol. The molecule has 2 aromatic rings. The molecule has 0 saturated heterocycles. The lowest BCUT2D eigenvalue weighted by molar-refractivity contribution is 0.407. The first-order valence-electron chi connectivity index (χ1n) is 6.74. The van der Waals surface area contributed by atoms with Gasteiger partial charge < -0.3 is 14.8 Å². The zero-order chi connectivity index (χ0) is 14.4. The minimum Gasteiger partial charge on any atom is -0.497 e. The Morgan fingerprint density at radius 1 is 1.20 bits per heavy atom. The van der Waals surface area contributed by atoms with Gasteiger partial charge in [-0.25, -0.2) is 4.98 Å². The van der Waals surface area contributed by atoms with E-state index in [2.05, 4.69) is 24.1 Å². The topological polar surface area (TPSA) is 43.4 Å². The van der Waals surface area contributed by atoms with Crippen LogP contribution >= 0.6 is 0 Å². The number of nitrogens with one attached hydrogen (secondary N) is 1. The fourth-order valence-corrected chi connectivity index (χ4v) is 1.96. The summed E-state index contributed by atoms with van der Waals surface area (Å²) in [5, 5.41) is 3.37. The van der Waals surface area contributed by atoms with Crippen molar-refractivity contribution in [1.82, 2.24) is 10.3 Å². The minimum atomic E-state index is 0.274. The highest BCUT2D eigenvalue weighted by Crippen LogP contribution is 2.25. The van der Waals surface area contributed by atoms with Crippen molar-refractivity contribution >= 4 is 0 Å². The lowest BCUT2D eigenvalue weighted by atomic mass is 10.1. The van der Waals surface area contributed by atoms with Gasteiger partial charge in [-0.3, -0.25) is 0 Å². The van der Waals surface area contributed by atoms with Crippen LogP contribution in [0.4, 0.5) is 0 Å². The van der Waals surface area contributed by atoms with Crippen LogP contribution in [0.25, 0.3) is 0 Å². The molecule has 1 atom stereocenters. The van der Waals surface area contributed by atoms with E-state index in [0.717, 1.165) is 17.9 Å². The average Bonchev–Trinajstić information content (AvgIpc) is 2.48. The Labute approximate surface area is 119 Å². The first-order chi connectivity index (χ1) is 9.72. The van der Waals surface area contributed by atoms with Crippen molar-refractivity contribution in [2.24, 2.45) is 0 Å². The highest BCUT2D eigenvalue weighted by Gasteiger charge is 2.06. The van der Waals surface area contributed by atoms with Crippen molar-refractivity contribution in [1.29, 1.82) is 0 Å². The minimum absolute atomic E-state index is 0.274. The molecule has 2 rings (SSSR count). The Bertz CT molecular complexity index is 558. The van der Waals surface area contributed by atoms with Crippen LogP contribution in [-0.2, 0) is 0 Å². The second-order valence-corrected chi connectivity index (χ2v) is 4.49. The smallest absolute Gasteiger partial charge is 0.219 e. The third kappa shape index (κ3) is 3.71. The monoisotopic (exact) mass is 272 g/mol. The second-order valence-electron chi connectivity index (χ2n) is 4.49. The van der Waals surface area contributed by atoms with Gasteiger partial charge in [0.25, 0.3) is 0 Å². The maximum Gasteiger partial charge on any atom is 0.219 e. The lowest BCUT2D eigenvalue weighted by Crippen LogP contribution is -2.17. The van der Waals surface area contributed by atoms with Crippen LogP contribution in [0.5, 0.6) is 17.4 Å². The molecule has 0 aliphatic rings. The van der Waals surface area contributed by atoms with Crippen LogP contribution in [0.1, 0.15) is 25.5 Å². The second kappa shape index (κ2) is 6.91. The summed E-state index contributed by atoms with van der Waals surface area (Å²) in [7, 11) is 1.64. The molecule has 1 N–H and O–H groups in total. The highest BCUT2D eigenvalue weighted by atomic mass is 16.5. The number of hydrogen-bond acceptors (Lipinski definition) is 4. The number of benzene rings is 1. The van der Waals surface area contributed by atoms with Crippen molar-refractivity contribution in [3.63, 3.8) is 0 Å².